The van der Waals surface area contributed by atoms with E-state index in [1.807, 2.05) is 6.08 Å². The van der Waals surface area contributed by atoms with Crippen molar-refractivity contribution in [1.82, 2.24) is 4.90 Å². The summed E-state index contributed by atoms with van der Waals surface area (Å²) < 4.78 is 0. The highest BCUT2D eigenvalue weighted by Gasteiger charge is 2.33. The third kappa shape index (κ3) is 1.41. The van der Waals surface area contributed by atoms with Crippen LogP contribution in [0, 0.1) is 0 Å². The van der Waals surface area contributed by atoms with Gasteiger partial charge in [0, 0.05) is 19.1 Å². The molecule has 1 heteroatoms. The zero-order chi connectivity index (χ0) is 8.39. The van der Waals surface area contributed by atoms with Gasteiger partial charge < -0.3 is 0 Å². The summed E-state index contributed by atoms with van der Waals surface area (Å²) in [4.78, 5) is 2.39. The molecule has 1 saturated heterocycles. The smallest absolute Gasteiger partial charge is 0.0479 e. The van der Waals surface area contributed by atoms with Gasteiger partial charge in [0.05, 0.1) is 0 Å². The molecule has 0 bridgehead atoms. The lowest BCUT2D eigenvalue weighted by molar-refractivity contribution is 0.573. The molecular weight excluding hydrogens is 146 g/mol. The van der Waals surface area contributed by atoms with Crippen molar-refractivity contribution in [3.8, 4) is 0 Å². The molecule has 2 rings (SSSR count). The number of rotatable bonds is 3. The van der Waals surface area contributed by atoms with Gasteiger partial charge in [0.2, 0.25) is 0 Å². The molecule has 1 fully saturated rings. The standard InChI is InChI=1S/C11H13N/c1-2-8-12-9-11(12)10-6-4-3-5-7-10/h2-7,11H,1,8-9H2. The lowest BCUT2D eigenvalue weighted by Gasteiger charge is -1.98. The Kier molecular flexibility index (Phi) is 1.96. The number of hydrogen-bond donors (Lipinski definition) is 0. The summed E-state index contributed by atoms with van der Waals surface area (Å²) in [5.41, 5.74) is 1.43. The zero-order valence-electron chi connectivity index (χ0n) is 7.11. The highest BCUT2D eigenvalue weighted by Crippen LogP contribution is 2.33. The van der Waals surface area contributed by atoms with E-state index in [1.54, 1.807) is 0 Å². The van der Waals surface area contributed by atoms with Crippen LogP contribution in [0.25, 0.3) is 0 Å². The molecule has 0 saturated carbocycles. The summed E-state index contributed by atoms with van der Waals surface area (Å²) in [7, 11) is 0. The van der Waals surface area contributed by atoms with Gasteiger partial charge in [-0.1, -0.05) is 36.4 Å². The van der Waals surface area contributed by atoms with Crippen LogP contribution in [-0.4, -0.2) is 18.0 Å². The Morgan fingerprint density at radius 1 is 1.42 bits per heavy atom. The van der Waals surface area contributed by atoms with E-state index in [2.05, 4.69) is 41.8 Å². The molecule has 0 spiro atoms. The Labute approximate surface area is 73.3 Å². The van der Waals surface area contributed by atoms with Crippen LogP contribution in [0.5, 0.6) is 0 Å². The van der Waals surface area contributed by atoms with Gasteiger partial charge in [0.25, 0.3) is 0 Å². The SMILES string of the molecule is C=CCN1CC1c1ccccc1. The second kappa shape index (κ2) is 3.11. The Balaban J connectivity index is 2.01. The first-order valence-corrected chi connectivity index (χ1v) is 4.31. The van der Waals surface area contributed by atoms with E-state index in [1.165, 1.54) is 12.1 Å². The van der Waals surface area contributed by atoms with Crippen LogP contribution in [0.15, 0.2) is 43.0 Å². The van der Waals surface area contributed by atoms with E-state index < -0.39 is 0 Å². The lowest BCUT2D eigenvalue weighted by atomic mass is 10.2. The van der Waals surface area contributed by atoms with Gasteiger partial charge >= 0.3 is 0 Å². The van der Waals surface area contributed by atoms with Crippen molar-refractivity contribution >= 4 is 0 Å². The van der Waals surface area contributed by atoms with E-state index >= 15 is 0 Å². The second-order valence-corrected chi connectivity index (χ2v) is 3.17. The zero-order valence-corrected chi connectivity index (χ0v) is 7.11. The van der Waals surface area contributed by atoms with E-state index in [4.69, 9.17) is 0 Å². The number of hydrogen-bond acceptors (Lipinski definition) is 1. The van der Waals surface area contributed by atoms with E-state index in [9.17, 15) is 0 Å². The van der Waals surface area contributed by atoms with Crippen molar-refractivity contribution in [3.05, 3.63) is 48.6 Å². The molecule has 1 aliphatic rings. The van der Waals surface area contributed by atoms with E-state index in [-0.39, 0.29) is 0 Å². The third-order valence-electron chi connectivity index (χ3n) is 2.26. The molecular formula is C11H13N. The summed E-state index contributed by atoms with van der Waals surface area (Å²) in [6.07, 6.45) is 1.96. The van der Waals surface area contributed by atoms with Gasteiger partial charge in [-0.25, -0.2) is 0 Å². The number of benzene rings is 1. The minimum Gasteiger partial charge on any atom is -0.290 e. The van der Waals surface area contributed by atoms with Crippen molar-refractivity contribution in [2.75, 3.05) is 13.1 Å². The fourth-order valence-electron chi connectivity index (χ4n) is 1.53. The summed E-state index contributed by atoms with van der Waals surface area (Å²) in [5.74, 6) is 0. The van der Waals surface area contributed by atoms with Gasteiger partial charge in [-0.15, -0.1) is 6.58 Å². The first kappa shape index (κ1) is 7.56. The molecule has 1 heterocycles. The van der Waals surface area contributed by atoms with Crippen LogP contribution in [0.2, 0.25) is 0 Å². The third-order valence-corrected chi connectivity index (χ3v) is 2.26. The Morgan fingerprint density at radius 2 is 2.17 bits per heavy atom. The highest BCUT2D eigenvalue weighted by molar-refractivity contribution is 5.23. The molecule has 0 aliphatic carbocycles. The summed E-state index contributed by atoms with van der Waals surface area (Å²) in [6, 6.07) is 11.3. The van der Waals surface area contributed by atoms with Crippen molar-refractivity contribution in [1.29, 1.82) is 0 Å². The van der Waals surface area contributed by atoms with E-state index in [0.717, 1.165) is 6.54 Å². The predicted octanol–water partition coefficient (Wildman–Crippen LogP) is 2.23. The second-order valence-electron chi connectivity index (χ2n) is 3.17. The van der Waals surface area contributed by atoms with Gasteiger partial charge in [-0.2, -0.15) is 0 Å². The van der Waals surface area contributed by atoms with Gasteiger partial charge in [0.15, 0.2) is 0 Å². The van der Waals surface area contributed by atoms with Gasteiger partial charge in [0.1, 0.15) is 0 Å². The first-order valence-electron chi connectivity index (χ1n) is 4.31. The molecule has 1 aromatic carbocycles. The van der Waals surface area contributed by atoms with Crippen molar-refractivity contribution in [2.45, 2.75) is 6.04 Å². The first-order chi connectivity index (χ1) is 5.92. The van der Waals surface area contributed by atoms with Crippen LogP contribution >= 0.6 is 0 Å². The largest absolute Gasteiger partial charge is 0.290 e. The molecule has 1 aliphatic heterocycles. The Bertz CT molecular complexity index is 266. The maximum Gasteiger partial charge on any atom is 0.0479 e. The minimum atomic E-state index is 0.657. The number of nitrogens with zero attached hydrogens (tertiary/aromatic N) is 1. The molecule has 1 nitrogen and oxygen atoms in total. The van der Waals surface area contributed by atoms with Crippen LogP contribution < -0.4 is 0 Å². The predicted molar refractivity (Wildman–Crippen MR) is 51.0 cm³/mol. The summed E-state index contributed by atoms with van der Waals surface area (Å²) in [5, 5.41) is 0. The average Bonchev–Trinajstić information content (AvgIpc) is 2.87. The van der Waals surface area contributed by atoms with Crippen LogP contribution in [-0.2, 0) is 0 Å². The maximum atomic E-state index is 3.73. The Hall–Kier alpha value is -1.08. The lowest BCUT2D eigenvalue weighted by Crippen LogP contribution is -1.96. The fourth-order valence-corrected chi connectivity index (χ4v) is 1.53. The quantitative estimate of drug-likeness (QED) is 0.483. The van der Waals surface area contributed by atoms with Crippen molar-refractivity contribution < 1.29 is 0 Å². The van der Waals surface area contributed by atoms with Gasteiger partial charge in [-0.3, -0.25) is 4.90 Å². The molecule has 1 aromatic rings. The van der Waals surface area contributed by atoms with E-state index in [0.29, 0.717) is 6.04 Å². The fraction of sp³-hybridized carbons (Fsp3) is 0.273. The monoisotopic (exact) mass is 159 g/mol. The Morgan fingerprint density at radius 3 is 2.83 bits per heavy atom. The maximum absolute atomic E-state index is 3.73. The van der Waals surface area contributed by atoms with Crippen LogP contribution in [0.1, 0.15) is 11.6 Å². The molecule has 12 heavy (non-hydrogen) atoms. The molecule has 0 radical (unpaired) electrons. The molecule has 0 aromatic heterocycles. The topological polar surface area (TPSA) is 3.01 Å². The molecule has 0 amide bonds. The van der Waals surface area contributed by atoms with Crippen molar-refractivity contribution in [2.24, 2.45) is 0 Å². The molecule has 2 unspecified atom stereocenters. The molecule has 0 N–H and O–H groups in total. The van der Waals surface area contributed by atoms with Gasteiger partial charge in [-0.05, 0) is 5.56 Å². The molecule has 2 atom stereocenters. The minimum absolute atomic E-state index is 0.657. The van der Waals surface area contributed by atoms with Crippen LogP contribution in [0.4, 0.5) is 0 Å². The summed E-state index contributed by atoms with van der Waals surface area (Å²) in [6.45, 7) is 5.93. The summed E-state index contributed by atoms with van der Waals surface area (Å²) >= 11 is 0. The average molecular weight is 159 g/mol. The van der Waals surface area contributed by atoms with Crippen LogP contribution in [0.3, 0.4) is 0 Å². The van der Waals surface area contributed by atoms with Crippen molar-refractivity contribution in [3.63, 3.8) is 0 Å². The normalized spacial score (nSPS) is 26.7. The highest BCUT2D eigenvalue weighted by atomic mass is 15.3. The molecule has 62 valence electrons.